The molecule has 5 atom stereocenters. The molecule has 2 heterocycles. The molecule has 3 rings (SSSR count). The SMILES string of the molecule is CC1OC(C)C(C(Cl)c2cc3c(cc2Cl)OCCO3)C1C. The number of rotatable bonds is 2. The Morgan fingerprint density at radius 3 is 2.24 bits per heavy atom. The van der Waals surface area contributed by atoms with E-state index in [1.807, 2.05) is 6.07 Å². The zero-order valence-electron chi connectivity index (χ0n) is 12.4. The molecule has 1 aromatic carbocycles. The molecule has 116 valence electrons. The van der Waals surface area contributed by atoms with Gasteiger partial charge < -0.3 is 14.2 Å². The van der Waals surface area contributed by atoms with Gasteiger partial charge in [-0.2, -0.15) is 0 Å². The van der Waals surface area contributed by atoms with Gasteiger partial charge in [0.25, 0.3) is 0 Å². The third-order valence-electron chi connectivity index (χ3n) is 4.62. The highest BCUT2D eigenvalue weighted by Gasteiger charge is 2.42. The van der Waals surface area contributed by atoms with E-state index in [9.17, 15) is 0 Å². The standard InChI is InChI=1S/C16H20Cl2O3/c1-8-9(2)21-10(3)15(8)16(18)11-6-13-14(7-12(11)17)20-5-4-19-13/h6-10,15-16H,4-5H2,1-3H3. The quantitative estimate of drug-likeness (QED) is 0.750. The second-order valence-electron chi connectivity index (χ2n) is 5.90. The van der Waals surface area contributed by atoms with Crippen molar-refractivity contribution < 1.29 is 14.2 Å². The lowest BCUT2D eigenvalue weighted by atomic mass is 9.84. The highest BCUT2D eigenvalue weighted by atomic mass is 35.5. The van der Waals surface area contributed by atoms with Gasteiger partial charge in [-0.05, 0) is 31.4 Å². The van der Waals surface area contributed by atoms with Crippen LogP contribution in [-0.4, -0.2) is 25.4 Å². The Labute approximate surface area is 135 Å². The molecule has 0 aliphatic carbocycles. The van der Waals surface area contributed by atoms with Crippen molar-refractivity contribution in [2.24, 2.45) is 11.8 Å². The predicted molar refractivity (Wildman–Crippen MR) is 83.7 cm³/mol. The van der Waals surface area contributed by atoms with Gasteiger partial charge in [0, 0.05) is 17.0 Å². The molecule has 0 saturated carbocycles. The Bertz CT molecular complexity index is 534. The molecule has 5 heteroatoms. The van der Waals surface area contributed by atoms with E-state index in [-0.39, 0.29) is 23.5 Å². The predicted octanol–water partition coefficient (Wildman–Crippen LogP) is 4.45. The smallest absolute Gasteiger partial charge is 0.162 e. The summed E-state index contributed by atoms with van der Waals surface area (Å²) in [4.78, 5) is 0. The van der Waals surface area contributed by atoms with Gasteiger partial charge in [0.2, 0.25) is 0 Å². The Kier molecular flexibility index (Phi) is 4.26. The lowest BCUT2D eigenvalue weighted by Gasteiger charge is -2.27. The van der Waals surface area contributed by atoms with Crippen LogP contribution in [0.3, 0.4) is 0 Å². The molecule has 0 radical (unpaired) electrons. The molecular weight excluding hydrogens is 311 g/mol. The van der Waals surface area contributed by atoms with E-state index in [4.69, 9.17) is 37.4 Å². The number of halogens is 2. The summed E-state index contributed by atoms with van der Waals surface area (Å²) in [5.74, 6) is 2.02. The van der Waals surface area contributed by atoms with Crippen LogP contribution in [0.5, 0.6) is 11.5 Å². The van der Waals surface area contributed by atoms with Crippen LogP contribution in [0.25, 0.3) is 0 Å². The number of hydrogen-bond acceptors (Lipinski definition) is 3. The van der Waals surface area contributed by atoms with Crippen molar-refractivity contribution in [2.45, 2.75) is 38.4 Å². The van der Waals surface area contributed by atoms with E-state index in [1.165, 1.54) is 0 Å². The molecule has 0 bridgehead atoms. The number of hydrogen-bond donors (Lipinski definition) is 0. The minimum absolute atomic E-state index is 0.113. The highest BCUT2D eigenvalue weighted by Crippen LogP contribution is 2.48. The number of benzene rings is 1. The van der Waals surface area contributed by atoms with Gasteiger partial charge in [0.15, 0.2) is 11.5 Å². The summed E-state index contributed by atoms with van der Waals surface area (Å²) in [6.45, 7) is 7.45. The summed E-state index contributed by atoms with van der Waals surface area (Å²) in [7, 11) is 0. The molecule has 0 amide bonds. The molecular formula is C16H20Cl2O3. The van der Waals surface area contributed by atoms with Crippen molar-refractivity contribution >= 4 is 23.2 Å². The Balaban J connectivity index is 1.92. The third kappa shape index (κ3) is 2.71. The van der Waals surface area contributed by atoms with Gasteiger partial charge in [-0.1, -0.05) is 18.5 Å². The molecule has 2 aliphatic heterocycles. The number of ether oxygens (including phenoxy) is 3. The second kappa shape index (κ2) is 5.86. The molecule has 1 saturated heterocycles. The van der Waals surface area contributed by atoms with Crippen molar-refractivity contribution in [2.75, 3.05) is 13.2 Å². The average Bonchev–Trinajstić information content (AvgIpc) is 2.70. The van der Waals surface area contributed by atoms with Gasteiger partial charge in [0.05, 0.1) is 17.6 Å². The van der Waals surface area contributed by atoms with E-state index < -0.39 is 0 Å². The number of fused-ring (bicyclic) bond motifs is 1. The monoisotopic (exact) mass is 330 g/mol. The van der Waals surface area contributed by atoms with E-state index in [0.29, 0.717) is 29.9 Å². The summed E-state index contributed by atoms with van der Waals surface area (Å²) < 4.78 is 17.1. The molecule has 1 aromatic rings. The fourth-order valence-corrected chi connectivity index (χ4v) is 4.24. The van der Waals surface area contributed by atoms with Crippen LogP contribution in [0.2, 0.25) is 5.02 Å². The Hall–Kier alpha value is -0.640. The van der Waals surface area contributed by atoms with Gasteiger partial charge in [-0.3, -0.25) is 0 Å². The van der Waals surface area contributed by atoms with Crippen molar-refractivity contribution in [3.8, 4) is 11.5 Å². The fraction of sp³-hybridized carbons (Fsp3) is 0.625. The van der Waals surface area contributed by atoms with Crippen molar-refractivity contribution in [1.82, 2.24) is 0 Å². The Morgan fingerprint density at radius 2 is 1.67 bits per heavy atom. The van der Waals surface area contributed by atoms with Gasteiger partial charge >= 0.3 is 0 Å². The summed E-state index contributed by atoms with van der Waals surface area (Å²) >= 11 is 13.2. The highest BCUT2D eigenvalue weighted by molar-refractivity contribution is 6.33. The summed E-state index contributed by atoms with van der Waals surface area (Å²) in [5, 5.41) is 0.418. The zero-order valence-corrected chi connectivity index (χ0v) is 13.9. The topological polar surface area (TPSA) is 27.7 Å². The van der Waals surface area contributed by atoms with Crippen LogP contribution in [0, 0.1) is 11.8 Å². The molecule has 0 N–H and O–H groups in total. The van der Waals surface area contributed by atoms with Crippen LogP contribution in [0.15, 0.2) is 12.1 Å². The summed E-state index contributed by atoms with van der Waals surface area (Å²) in [6, 6.07) is 3.71. The van der Waals surface area contributed by atoms with Crippen LogP contribution >= 0.6 is 23.2 Å². The first-order valence-corrected chi connectivity index (χ1v) is 8.19. The lowest BCUT2D eigenvalue weighted by Crippen LogP contribution is -2.23. The van der Waals surface area contributed by atoms with Crippen molar-refractivity contribution in [3.05, 3.63) is 22.7 Å². The van der Waals surface area contributed by atoms with Gasteiger partial charge in [0.1, 0.15) is 13.2 Å². The maximum atomic E-state index is 6.75. The molecule has 3 nitrogen and oxygen atoms in total. The van der Waals surface area contributed by atoms with E-state index in [0.717, 1.165) is 11.3 Å². The fourth-order valence-electron chi connectivity index (χ4n) is 3.30. The van der Waals surface area contributed by atoms with Crippen LogP contribution < -0.4 is 9.47 Å². The van der Waals surface area contributed by atoms with Crippen LogP contribution in [0.4, 0.5) is 0 Å². The molecule has 21 heavy (non-hydrogen) atoms. The lowest BCUT2D eigenvalue weighted by molar-refractivity contribution is 0.0508. The first-order valence-electron chi connectivity index (χ1n) is 7.37. The molecule has 1 fully saturated rings. The van der Waals surface area contributed by atoms with E-state index >= 15 is 0 Å². The normalized spacial score (nSPS) is 33.0. The summed E-state index contributed by atoms with van der Waals surface area (Å²) in [5.41, 5.74) is 0.893. The third-order valence-corrected chi connectivity index (χ3v) is 5.47. The molecule has 5 unspecified atom stereocenters. The minimum Gasteiger partial charge on any atom is -0.486 e. The minimum atomic E-state index is -0.205. The first kappa shape index (κ1) is 15.3. The second-order valence-corrected chi connectivity index (χ2v) is 6.78. The maximum Gasteiger partial charge on any atom is 0.162 e. The molecule has 0 aromatic heterocycles. The van der Waals surface area contributed by atoms with Crippen LogP contribution in [0.1, 0.15) is 31.7 Å². The Morgan fingerprint density at radius 1 is 1.05 bits per heavy atom. The van der Waals surface area contributed by atoms with Crippen molar-refractivity contribution in [1.29, 1.82) is 0 Å². The van der Waals surface area contributed by atoms with E-state index in [2.05, 4.69) is 20.8 Å². The summed E-state index contributed by atoms with van der Waals surface area (Å²) in [6.07, 6.45) is 0.323. The van der Waals surface area contributed by atoms with Gasteiger partial charge in [-0.15, -0.1) is 11.6 Å². The maximum absolute atomic E-state index is 6.75. The van der Waals surface area contributed by atoms with Gasteiger partial charge in [-0.25, -0.2) is 0 Å². The van der Waals surface area contributed by atoms with E-state index in [1.54, 1.807) is 6.07 Å². The first-order chi connectivity index (χ1) is 9.99. The zero-order chi connectivity index (χ0) is 15.1. The van der Waals surface area contributed by atoms with Crippen molar-refractivity contribution in [3.63, 3.8) is 0 Å². The number of alkyl halides is 1. The largest absolute Gasteiger partial charge is 0.486 e. The molecule has 2 aliphatic rings. The average molecular weight is 331 g/mol. The molecule has 0 spiro atoms. The van der Waals surface area contributed by atoms with Crippen LogP contribution in [-0.2, 0) is 4.74 Å².